The van der Waals surface area contributed by atoms with Crippen molar-refractivity contribution in [2.24, 2.45) is 5.41 Å². The SMILES string of the molecule is C=CC1=C(C=C)C(C(C)(C)C(=O)NC)c2ccccc2C1. The van der Waals surface area contributed by atoms with Gasteiger partial charge in [-0.3, -0.25) is 4.79 Å². The van der Waals surface area contributed by atoms with Crippen molar-refractivity contribution in [2.75, 3.05) is 7.05 Å². The molecule has 0 radical (unpaired) electrons. The van der Waals surface area contributed by atoms with Gasteiger partial charge in [-0.1, -0.05) is 63.4 Å². The number of carbonyl (C=O) groups is 1. The van der Waals surface area contributed by atoms with E-state index in [4.69, 9.17) is 0 Å². The Balaban J connectivity index is 2.69. The summed E-state index contributed by atoms with van der Waals surface area (Å²) < 4.78 is 0. The van der Waals surface area contributed by atoms with E-state index in [1.165, 1.54) is 11.1 Å². The minimum absolute atomic E-state index is 0.00657. The van der Waals surface area contributed by atoms with E-state index in [9.17, 15) is 4.79 Å². The Morgan fingerprint density at radius 2 is 1.95 bits per heavy atom. The van der Waals surface area contributed by atoms with Crippen LogP contribution >= 0.6 is 0 Å². The minimum atomic E-state index is -0.553. The summed E-state index contributed by atoms with van der Waals surface area (Å²) in [4.78, 5) is 12.4. The third kappa shape index (κ3) is 2.46. The van der Waals surface area contributed by atoms with E-state index < -0.39 is 5.41 Å². The van der Waals surface area contributed by atoms with Gasteiger partial charge in [0.15, 0.2) is 0 Å². The maximum atomic E-state index is 12.4. The summed E-state index contributed by atoms with van der Waals surface area (Å²) in [7, 11) is 1.69. The first-order chi connectivity index (χ1) is 9.97. The molecule has 1 N–H and O–H groups in total. The molecular weight excluding hydrogens is 258 g/mol. The maximum Gasteiger partial charge on any atom is 0.226 e. The molecule has 0 aliphatic heterocycles. The molecule has 1 atom stereocenters. The van der Waals surface area contributed by atoms with Crippen LogP contribution in [0.5, 0.6) is 0 Å². The van der Waals surface area contributed by atoms with Crippen molar-refractivity contribution < 1.29 is 4.79 Å². The molecule has 0 heterocycles. The Morgan fingerprint density at radius 1 is 1.29 bits per heavy atom. The predicted octanol–water partition coefficient (Wildman–Crippen LogP) is 3.77. The van der Waals surface area contributed by atoms with Crippen LogP contribution in [0.2, 0.25) is 0 Å². The van der Waals surface area contributed by atoms with Gasteiger partial charge >= 0.3 is 0 Å². The van der Waals surface area contributed by atoms with Crippen molar-refractivity contribution >= 4 is 5.91 Å². The maximum absolute atomic E-state index is 12.4. The second-order valence-electron chi connectivity index (χ2n) is 6.00. The molecule has 0 bridgehead atoms. The molecule has 0 spiro atoms. The van der Waals surface area contributed by atoms with Crippen molar-refractivity contribution in [1.82, 2.24) is 5.32 Å². The Bertz CT molecular complexity index is 622. The molecule has 21 heavy (non-hydrogen) atoms. The fourth-order valence-corrected chi connectivity index (χ4v) is 3.31. The topological polar surface area (TPSA) is 29.1 Å². The monoisotopic (exact) mass is 281 g/mol. The van der Waals surface area contributed by atoms with Crippen molar-refractivity contribution in [3.63, 3.8) is 0 Å². The lowest BCUT2D eigenvalue weighted by Crippen LogP contribution is -2.41. The fourth-order valence-electron chi connectivity index (χ4n) is 3.31. The fraction of sp³-hybridized carbons (Fsp3) is 0.316. The molecule has 2 nitrogen and oxygen atoms in total. The molecular formula is C19H23NO. The third-order valence-electron chi connectivity index (χ3n) is 4.43. The second-order valence-corrected chi connectivity index (χ2v) is 6.00. The van der Waals surface area contributed by atoms with Crippen LogP contribution in [0.3, 0.4) is 0 Å². The smallest absolute Gasteiger partial charge is 0.226 e. The summed E-state index contributed by atoms with van der Waals surface area (Å²) in [6.07, 6.45) is 4.61. The Hall–Kier alpha value is -2.09. The van der Waals surface area contributed by atoms with Gasteiger partial charge < -0.3 is 5.32 Å². The molecule has 110 valence electrons. The van der Waals surface area contributed by atoms with Gasteiger partial charge in [0.05, 0.1) is 5.41 Å². The molecule has 1 aromatic rings. The van der Waals surface area contributed by atoms with Gasteiger partial charge in [-0.25, -0.2) is 0 Å². The van der Waals surface area contributed by atoms with Crippen LogP contribution in [0, 0.1) is 5.41 Å². The molecule has 0 saturated heterocycles. The summed E-state index contributed by atoms with van der Waals surface area (Å²) >= 11 is 0. The molecule has 1 aromatic carbocycles. The second kappa shape index (κ2) is 5.72. The van der Waals surface area contributed by atoms with Crippen molar-refractivity contribution in [1.29, 1.82) is 0 Å². The lowest BCUT2D eigenvalue weighted by Gasteiger charge is -2.38. The standard InChI is InChI=1S/C19H23NO/c1-6-13-12-14-10-8-9-11-16(14)17(15(13)7-2)19(3,4)18(21)20-5/h6-11,17H,1-2,12H2,3-5H3,(H,20,21). The first-order valence-corrected chi connectivity index (χ1v) is 7.25. The Kier molecular flexibility index (Phi) is 4.17. The highest BCUT2D eigenvalue weighted by molar-refractivity contribution is 5.84. The highest BCUT2D eigenvalue weighted by Crippen LogP contribution is 2.47. The molecule has 0 aromatic heterocycles. The summed E-state index contributed by atoms with van der Waals surface area (Å²) in [6, 6.07) is 8.33. The van der Waals surface area contributed by atoms with Crippen molar-refractivity contribution in [3.8, 4) is 0 Å². The number of allylic oxidation sites excluding steroid dienone is 4. The lowest BCUT2D eigenvalue weighted by atomic mass is 9.65. The largest absolute Gasteiger partial charge is 0.359 e. The van der Waals surface area contributed by atoms with Gasteiger partial charge in [0.1, 0.15) is 0 Å². The number of benzene rings is 1. The van der Waals surface area contributed by atoms with Crippen LogP contribution in [0.1, 0.15) is 30.9 Å². The highest BCUT2D eigenvalue weighted by Gasteiger charge is 2.41. The van der Waals surface area contributed by atoms with E-state index in [1.54, 1.807) is 7.05 Å². The average molecular weight is 281 g/mol. The highest BCUT2D eigenvalue weighted by atomic mass is 16.2. The molecule has 0 saturated carbocycles. The number of fused-ring (bicyclic) bond motifs is 1. The van der Waals surface area contributed by atoms with Gasteiger partial charge in [-0.15, -0.1) is 0 Å². The van der Waals surface area contributed by atoms with Crippen LogP contribution in [0.25, 0.3) is 0 Å². The average Bonchev–Trinajstić information content (AvgIpc) is 2.51. The van der Waals surface area contributed by atoms with Crippen molar-refractivity contribution in [2.45, 2.75) is 26.2 Å². The zero-order valence-electron chi connectivity index (χ0n) is 13.1. The Labute approximate surface area is 127 Å². The predicted molar refractivity (Wildman–Crippen MR) is 88.2 cm³/mol. The number of hydrogen-bond acceptors (Lipinski definition) is 1. The number of carbonyl (C=O) groups excluding carboxylic acids is 1. The molecule has 2 rings (SSSR count). The van der Waals surface area contributed by atoms with Crippen LogP contribution in [-0.4, -0.2) is 13.0 Å². The van der Waals surface area contributed by atoms with Crippen molar-refractivity contribution in [3.05, 3.63) is 71.8 Å². The van der Waals surface area contributed by atoms with Gasteiger partial charge in [0, 0.05) is 13.0 Å². The van der Waals surface area contributed by atoms with Gasteiger partial charge in [0.25, 0.3) is 0 Å². The lowest BCUT2D eigenvalue weighted by molar-refractivity contribution is -0.129. The first-order valence-electron chi connectivity index (χ1n) is 7.25. The molecule has 1 unspecified atom stereocenters. The number of hydrogen-bond donors (Lipinski definition) is 1. The van der Waals surface area contributed by atoms with E-state index in [1.807, 2.05) is 38.1 Å². The summed E-state index contributed by atoms with van der Waals surface area (Å²) in [5.74, 6) is 0.0277. The van der Waals surface area contributed by atoms with E-state index in [2.05, 4.69) is 30.6 Å². The molecule has 1 aliphatic rings. The minimum Gasteiger partial charge on any atom is -0.359 e. The summed E-state index contributed by atoms with van der Waals surface area (Å²) in [5, 5.41) is 2.79. The Morgan fingerprint density at radius 3 is 2.52 bits per heavy atom. The van der Waals surface area contributed by atoms with E-state index in [0.717, 1.165) is 17.6 Å². The zero-order valence-corrected chi connectivity index (χ0v) is 13.1. The summed E-state index contributed by atoms with van der Waals surface area (Å²) in [6.45, 7) is 11.9. The normalized spacial score (nSPS) is 18.0. The van der Waals surface area contributed by atoms with E-state index in [-0.39, 0.29) is 11.8 Å². The van der Waals surface area contributed by atoms with Gasteiger partial charge in [-0.05, 0) is 28.7 Å². The van der Waals surface area contributed by atoms with Crippen LogP contribution in [-0.2, 0) is 11.2 Å². The van der Waals surface area contributed by atoms with E-state index >= 15 is 0 Å². The number of nitrogens with one attached hydrogen (secondary N) is 1. The molecule has 2 heteroatoms. The van der Waals surface area contributed by atoms with Crippen LogP contribution < -0.4 is 5.32 Å². The number of amides is 1. The molecule has 0 fully saturated rings. The van der Waals surface area contributed by atoms with Gasteiger partial charge in [0.2, 0.25) is 5.91 Å². The third-order valence-corrected chi connectivity index (χ3v) is 4.43. The quantitative estimate of drug-likeness (QED) is 0.894. The number of rotatable bonds is 4. The van der Waals surface area contributed by atoms with E-state index in [0.29, 0.717) is 0 Å². The zero-order chi connectivity index (χ0) is 15.6. The van der Waals surface area contributed by atoms with Crippen LogP contribution in [0.15, 0.2) is 60.7 Å². The molecule has 1 aliphatic carbocycles. The van der Waals surface area contributed by atoms with Crippen LogP contribution in [0.4, 0.5) is 0 Å². The first kappa shape index (κ1) is 15.3. The molecule has 1 amide bonds. The van der Waals surface area contributed by atoms with Gasteiger partial charge in [-0.2, -0.15) is 0 Å². The summed E-state index contributed by atoms with van der Waals surface area (Å²) in [5.41, 5.74) is 4.19.